The van der Waals surface area contributed by atoms with E-state index in [-0.39, 0.29) is 17.5 Å². The number of para-hydroxylation sites is 1. The molecule has 0 spiro atoms. The Kier molecular flexibility index (Phi) is 4.61. The number of hydrogen-bond donors (Lipinski definition) is 1. The number of nitrogens with one attached hydrogen (secondary N) is 1. The Hall–Kier alpha value is -2.29. The van der Waals surface area contributed by atoms with Gasteiger partial charge in [0, 0.05) is 19.0 Å². The molecule has 0 aromatic heterocycles. The van der Waals surface area contributed by atoms with Gasteiger partial charge in [-0.15, -0.1) is 0 Å². The van der Waals surface area contributed by atoms with Crippen molar-refractivity contribution in [2.24, 2.45) is 0 Å². The second-order valence-electron chi connectivity index (χ2n) is 5.48. The van der Waals surface area contributed by atoms with Gasteiger partial charge < -0.3 is 4.74 Å². The lowest BCUT2D eigenvalue weighted by Crippen LogP contribution is -2.36. The first-order chi connectivity index (χ1) is 11.5. The number of hydrogen-bond acceptors (Lipinski definition) is 5. The van der Waals surface area contributed by atoms with Crippen LogP contribution in [-0.4, -0.2) is 26.0 Å². The number of fused-ring (bicyclic) bond motifs is 1. The maximum absolute atomic E-state index is 12.4. The Balaban J connectivity index is 1.72. The summed E-state index contributed by atoms with van der Waals surface area (Å²) in [7, 11) is -3.98. The third-order valence-electron chi connectivity index (χ3n) is 3.89. The Bertz CT molecular complexity index is 866. The van der Waals surface area contributed by atoms with Crippen LogP contribution in [0.15, 0.2) is 53.4 Å². The molecule has 1 atom stereocenters. The van der Waals surface area contributed by atoms with Crippen LogP contribution in [0.2, 0.25) is 0 Å². The predicted octanol–water partition coefficient (Wildman–Crippen LogP) is 2.01. The molecule has 0 aliphatic carbocycles. The molecule has 1 N–H and O–H groups in total. The highest BCUT2D eigenvalue weighted by Gasteiger charge is 2.27. The molecule has 1 aliphatic heterocycles. The first-order valence-electron chi connectivity index (χ1n) is 7.39. The number of nitro benzene ring substituents is 1. The van der Waals surface area contributed by atoms with Crippen molar-refractivity contribution in [3.05, 3.63) is 69.8 Å². The number of ether oxygens (including phenoxy) is 1. The fraction of sp³-hybridized carbons (Fsp3) is 0.250. The zero-order chi connectivity index (χ0) is 17.2. The van der Waals surface area contributed by atoms with Crippen LogP contribution in [-0.2, 0) is 27.8 Å². The second kappa shape index (κ2) is 6.68. The maximum atomic E-state index is 12.4. The lowest BCUT2D eigenvalue weighted by molar-refractivity contribution is -0.387. The quantitative estimate of drug-likeness (QED) is 0.658. The van der Waals surface area contributed by atoms with Crippen molar-refractivity contribution in [3.63, 3.8) is 0 Å². The van der Waals surface area contributed by atoms with Gasteiger partial charge in [-0.25, -0.2) is 13.1 Å². The van der Waals surface area contributed by atoms with E-state index in [2.05, 4.69) is 4.72 Å². The van der Waals surface area contributed by atoms with E-state index in [4.69, 9.17) is 4.74 Å². The molecule has 0 bridgehead atoms. The Morgan fingerprint density at radius 2 is 1.79 bits per heavy atom. The molecule has 126 valence electrons. The van der Waals surface area contributed by atoms with Gasteiger partial charge in [0.25, 0.3) is 5.69 Å². The lowest BCUT2D eigenvalue weighted by atomic mass is 9.99. The summed E-state index contributed by atoms with van der Waals surface area (Å²) in [6.45, 7) is 0.483. The van der Waals surface area contributed by atoms with Crippen molar-refractivity contribution >= 4 is 15.7 Å². The molecule has 0 amide bonds. The van der Waals surface area contributed by atoms with Crippen molar-refractivity contribution in [2.75, 3.05) is 6.54 Å². The minimum atomic E-state index is -3.98. The Morgan fingerprint density at radius 1 is 1.12 bits per heavy atom. The molecule has 3 rings (SSSR count). The van der Waals surface area contributed by atoms with Crippen LogP contribution in [0.3, 0.4) is 0 Å². The normalized spacial score (nSPS) is 17.2. The summed E-state index contributed by atoms with van der Waals surface area (Å²) in [4.78, 5) is 9.95. The van der Waals surface area contributed by atoms with E-state index in [1.165, 1.54) is 24.3 Å². The Labute approximate surface area is 139 Å². The van der Waals surface area contributed by atoms with Gasteiger partial charge in [0.15, 0.2) is 4.90 Å². The highest BCUT2D eigenvalue weighted by atomic mass is 32.2. The van der Waals surface area contributed by atoms with Gasteiger partial charge in [-0.1, -0.05) is 36.4 Å². The van der Waals surface area contributed by atoms with Crippen LogP contribution >= 0.6 is 0 Å². The highest BCUT2D eigenvalue weighted by Crippen LogP contribution is 2.24. The molecular formula is C16H16N2O5S. The van der Waals surface area contributed by atoms with Gasteiger partial charge >= 0.3 is 0 Å². The number of nitro groups is 1. The molecule has 7 nitrogen and oxygen atoms in total. The van der Waals surface area contributed by atoms with E-state index >= 15 is 0 Å². The molecule has 8 heteroatoms. The summed E-state index contributed by atoms with van der Waals surface area (Å²) < 4.78 is 32.8. The van der Waals surface area contributed by atoms with Crippen molar-refractivity contribution in [3.8, 4) is 0 Å². The van der Waals surface area contributed by atoms with Gasteiger partial charge in [-0.3, -0.25) is 10.1 Å². The van der Waals surface area contributed by atoms with Gasteiger partial charge in [-0.05, 0) is 17.2 Å². The molecule has 2 aromatic carbocycles. The summed E-state index contributed by atoms with van der Waals surface area (Å²) in [5.41, 5.74) is 1.77. The maximum Gasteiger partial charge on any atom is 0.289 e. The largest absolute Gasteiger partial charge is 0.372 e. The number of rotatable bonds is 5. The number of benzene rings is 2. The molecule has 0 radical (unpaired) electrons. The topological polar surface area (TPSA) is 98.5 Å². The van der Waals surface area contributed by atoms with Gasteiger partial charge in [0.05, 0.1) is 17.6 Å². The van der Waals surface area contributed by atoms with Crippen LogP contribution in [0.5, 0.6) is 0 Å². The van der Waals surface area contributed by atoms with E-state index in [0.29, 0.717) is 13.0 Å². The van der Waals surface area contributed by atoms with Gasteiger partial charge in [0.2, 0.25) is 10.0 Å². The minimum absolute atomic E-state index is 0.0583. The fourth-order valence-electron chi connectivity index (χ4n) is 2.66. The molecule has 1 unspecified atom stereocenters. The van der Waals surface area contributed by atoms with Crippen LogP contribution in [0.4, 0.5) is 5.69 Å². The molecular weight excluding hydrogens is 332 g/mol. The summed E-state index contributed by atoms with van der Waals surface area (Å²) in [6.07, 6.45) is 0.285. The molecule has 24 heavy (non-hydrogen) atoms. The Morgan fingerprint density at radius 3 is 2.54 bits per heavy atom. The lowest BCUT2D eigenvalue weighted by Gasteiger charge is -2.25. The zero-order valence-corrected chi connectivity index (χ0v) is 13.5. The molecule has 2 aromatic rings. The first-order valence-corrected chi connectivity index (χ1v) is 8.87. The van der Waals surface area contributed by atoms with E-state index in [1.54, 1.807) is 0 Å². The predicted molar refractivity (Wildman–Crippen MR) is 87.0 cm³/mol. The van der Waals surface area contributed by atoms with E-state index in [9.17, 15) is 18.5 Å². The molecule has 0 saturated carbocycles. The molecule has 0 saturated heterocycles. The van der Waals surface area contributed by atoms with Crippen molar-refractivity contribution < 1.29 is 18.1 Å². The van der Waals surface area contributed by atoms with Crippen LogP contribution in [0.1, 0.15) is 11.1 Å². The summed E-state index contributed by atoms with van der Waals surface area (Å²) in [6, 6.07) is 13.1. The van der Waals surface area contributed by atoms with Crippen LogP contribution < -0.4 is 4.72 Å². The monoisotopic (exact) mass is 348 g/mol. The summed E-state index contributed by atoms with van der Waals surface area (Å²) >= 11 is 0. The van der Waals surface area contributed by atoms with Gasteiger partial charge in [-0.2, -0.15) is 0 Å². The summed E-state index contributed by atoms with van der Waals surface area (Å²) in [5.74, 6) is 0. The van der Waals surface area contributed by atoms with Crippen molar-refractivity contribution in [2.45, 2.75) is 24.0 Å². The van der Waals surface area contributed by atoms with Crippen molar-refractivity contribution in [1.82, 2.24) is 4.72 Å². The average molecular weight is 348 g/mol. The minimum Gasteiger partial charge on any atom is -0.372 e. The second-order valence-corrected chi connectivity index (χ2v) is 7.22. The average Bonchev–Trinajstić information content (AvgIpc) is 2.60. The zero-order valence-electron chi connectivity index (χ0n) is 12.7. The fourth-order valence-corrected chi connectivity index (χ4v) is 3.89. The van der Waals surface area contributed by atoms with Crippen molar-refractivity contribution in [1.29, 1.82) is 0 Å². The number of nitrogens with zero attached hydrogens (tertiary/aromatic N) is 1. The van der Waals surface area contributed by atoms with E-state index < -0.39 is 20.6 Å². The standard InChI is InChI=1S/C16H16N2O5S/c19-18(20)15-7-3-4-8-16(15)24(21,22)17-10-14-9-12-5-1-2-6-13(12)11-23-14/h1-8,14,17H,9-11H2. The molecule has 1 aliphatic rings. The van der Waals surface area contributed by atoms with E-state index in [1.807, 2.05) is 24.3 Å². The SMILES string of the molecule is O=[N+]([O-])c1ccccc1S(=O)(=O)NCC1Cc2ccccc2CO1. The van der Waals surface area contributed by atoms with Gasteiger partial charge in [0.1, 0.15) is 0 Å². The third kappa shape index (κ3) is 3.45. The molecule has 1 heterocycles. The third-order valence-corrected chi connectivity index (χ3v) is 5.36. The first kappa shape index (κ1) is 16.6. The number of sulfonamides is 1. The smallest absolute Gasteiger partial charge is 0.289 e. The van der Waals surface area contributed by atoms with Crippen LogP contribution in [0, 0.1) is 10.1 Å². The summed E-state index contributed by atoms with van der Waals surface area (Å²) in [5, 5.41) is 11.0. The highest BCUT2D eigenvalue weighted by molar-refractivity contribution is 7.89. The van der Waals surface area contributed by atoms with Crippen LogP contribution in [0.25, 0.3) is 0 Å². The van der Waals surface area contributed by atoms with E-state index in [0.717, 1.165) is 11.1 Å². The molecule has 0 fully saturated rings.